The molecule has 0 fully saturated rings. The third-order valence-corrected chi connectivity index (χ3v) is 2.16. The van der Waals surface area contributed by atoms with Crippen molar-refractivity contribution in [1.82, 2.24) is 15.1 Å². The van der Waals surface area contributed by atoms with Crippen LogP contribution < -0.4 is 0 Å². The van der Waals surface area contributed by atoms with Crippen LogP contribution in [0.2, 0.25) is 0 Å². The molecule has 1 N–H and O–H groups in total. The number of ether oxygens (including phenoxy) is 1. The van der Waals surface area contributed by atoms with Crippen LogP contribution in [0.25, 0.3) is 0 Å². The molecule has 0 saturated heterocycles. The number of hydrogen-bond acceptors (Lipinski definition) is 4. The van der Waals surface area contributed by atoms with Gasteiger partial charge in [0.2, 0.25) is 0 Å². The Hall–Kier alpha value is -1.85. The van der Waals surface area contributed by atoms with Crippen molar-refractivity contribution in [3.63, 3.8) is 0 Å². The van der Waals surface area contributed by atoms with E-state index >= 15 is 0 Å². The second-order valence-electron chi connectivity index (χ2n) is 3.03. The molecule has 1 aromatic heterocycles. The minimum Gasteiger partial charge on any atom is -0.462 e. The topological polar surface area (TPSA) is 75.3 Å². The first kappa shape index (κ1) is 8.74. The van der Waals surface area contributed by atoms with Gasteiger partial charge >= 0.3 is 11.9 Å². The number of nitrogens with zero attached hydrogens (tertiary/aromatic N) is 2. The molecule has 0 bridgehead atoms. The summed E-state index contributed by atoms with van der Waals surface area (Å²) in [5.41, 5.74) is 1.82. The second-order valence-corrected chi connectivity index (χ2v) is 3.03. The Morgan fingerprint density at radius 1 is 1.57 bits per heavy atom. The lowest BCUT2D eigenvalue weighted by Gasteiger charge is -2.12. The van der Waals surface area contributed by atoms with Gasteiger partial charge in [-0.25, -0.2) is 4.79 Å². The van der Waals surface area contributed by atoms with Crippen molar-refractivity contribution in [2.75, 3.05) is 7.11 Å². The molecule has 0 atom stereocenters. The van der Waals surface area contributed by atoms with Crippen molar-refractivity contribution in [3.8, 4) is 0 Å². The van der Waals surface area contributed by atoms with Crippen LogP contribution in [0.4, 0.5) is 0 Å². The number of amides is 1. The number of methoxy groups -OCH3 is 1. The predicted octanol–water partition coefficient (Wildman–Crippen LogP) is -0.575. The fraction of sp³-hybridized carbons (Fsp3) is 0.375. The smallest absolute Gasteiger partial charge is 0.396 e. The van der Waals surface area contributed by atoms with Gasteiger partial charge in [0.1, 0.15) is 0 Å². The number of nitrogens with one attached hydrogen (secondary N) is 1. The van der Waals surface area contributed by atoms with Crippen molar-refractivity contribution in [3.05, 3.63) is 17.5 Å². The number of H-pyrrole nitrogens is 1. The lowest BCUT2D eigenvalue weighted by molar-refractivity contribution is -0.158. The molecule has 0 aromatic carbocycles. The highest BCUT2D eigenvalue weighted by atomic mass is 16.5. The van der Waals surface area contributed by atoms with Gasteiger partial charge in [-0.15, -0.1) is 0 Å². The van der Waals surface area contributed by atoms with E-state index in [0.29, 0.717) is 13.1 Å². The van der Waals surface area contributed by atoms with Crippen LogP contribution >= 0.6 is 0 Å². The Balaban J connectivity index is 2.08. The van der Waals surface area contributed by atoms with Gasteiger partial charge in [0.25, 0.3) is 0 Å². The summed E-state index contributed by atoms with van der Waals surface area (Å²) in [5, 5.41) is 6.59. The van der Waals surface area contributed by atoms with E-state index in [-0.39, 0.29) is 0 Å². The van der Waals surface area contributed by atoms with Crippen LogP contribution in [-0.2, 0) is 27.4 Å². The van der Waals surface area contributed by atoms with Crippen LogP contribution in [0.1, 0.15) is 11.3 Å². The zero-order chi connectivity index (χ0) is 10.1. The maximum absolute atomic E-state index is 11.4. The second kappa shape index (κ2) is 3.13. The molecule has 6 nitrogen and oxygen atoms in total. The van der Waals surface area contributed by atoms with Crippen LogP contribution in [-0.4, -0.2) is 34.1 Å². The first-order chi connectivity index (χ1) is 6.72. The quantitative estimate of drug-likeness (QED) is 0.444. The Morgan fingerprint density at radius 2 is 2.36 bits per heavy atom. The van der Waals surface area contributed by atoms with Crippen LogP contribution in [0, 0.1) is 0 Å². The predicted molar refractivity (Wildman–Crippen MR) is 44.9 cm³/mol. The summed E-state index contributed by atoms with van der Waals surface area (Å²) in [5.74, 6) is -1.44. The summed E-state index contributed by atoms with van der Waals surface area (Å²) in [6.07, 6.45) is 1.65. The highest BCUT2D eigenvalue weighted by Crippen LogP contribution is 2.19. The molecule has 74 valence electrons. The number of fused-ring (bicyclic) bond motifs is 1. The van der Waals surface area contributed by atoms with E-state index in [4.69, 9.17) is 0 Å². The van der Waals surface area contributed by atoms with Gasteiger partial charge in [0.05, 0.1) is 32.1 Å². The number of rotatable bonds is 0. The van der Waals surface area contributed by atoms with Crippen LogP contribution in [0.3, 0.4) is 0 Å². The molecule has 0 radical (unpaired) electrons. The number of aromatic amines is 1. The van der Waals surface area contributed by atoms with Gasteiger partial charge in [-0.2, -0.15) is 5.10 Å². The van der Waals surface area contributed by atoms with E-state index in [9.17, 15) is 9.59 Å². The summed E-state index contributed by atoms with van der Waals surface area (Å²) < 4.78 is 4.34. The van der Waals surface area contributed by atoms with Crippen LogP contribution in [0.5, 0.6) is 0 Å². The molecular formula is C8H9N3O3. The summed E-state index contributed by atoms with van der Waals surface area (Å²) in [6, 6.07) is 0. The molecule has 2 heterocycles. The van der Waals surface area contributed by atoms with E-state index in [1.165, 1.54) is 12.0 Å². The van der Waals surface area contributed by atoms with Crippen molar-refractivity contribution in [2.24, 2.45) is 0 Å². The van der Waals surface area contributed by atoms with E-state index in [1.807, 2.05) is 0 Å². The van der Waals surface area contributed by atoms with E-state index < -0.39 is 11.9 Å². The fourth-order valence-electron chi connectivity index (χ4n) is 1.42. The van der Waals surface area contributed by atoms with E-state index in [0.717, 1.165) is 11.3 Å². The standard InChI is InChI=1S/C8H9N3O3/c1-14-8(13)7(12)11-3-5-2-9-10-6(5)4-11/h2H,3-4H2,1H3,(H,9,10). The maximum atomic E-state index is 11.4. The number of esters is 1. The Bertz CT molecular complexity index is 364. The highest BCUT2D eigenvalue weighted by Gasteiger charge is 2.29. The zero-order valence-corrected chi connectivity index (χ0v) is 7.61. The largest absolute Gasteiger partial charge is 0.462 e. The van der Waals surface area contributed by atoms with Gasteiger partial charge < -0.3 is 9.64 Å². The molecule has 1 aliphatic heterocycles. The third-order valence-electron chi connectivity index (χ3n) is 2.16. The fourth-order valence-corrected chi connectivity index (χ4v) is 1.42. The van der Waals surface area contributed by atoms with E-state index in [2.05, 4.69) is 14.9 Å². The first-order valence-electron chi connectivity index (χ1n) is 4.10. The Morgan fingerprint density at radius 3 is 3.00 bits per heavy atom. The molecule has 1 aliphatic rings. The Labute approximate surface area is 79.8 Å². The van der Waals surface area contributed by atoms with Gasteiger partial charge in [0, 0.05) is 5.56 Å². The Kier molecular flexibility index (Phi) is 1.95. The molecule has 0 unspecified atom stereocenters. The van der Waals surface area contributed by atoms with Crippen molar-refractivity contribution >= 4 is 11.9 Å². The monoisotopic (exact) mass is 195 g/mol. The molecule has 0 saturated carbocycles. The minimum atomic E-state index is -0.830. The summed E-state index contributed by atoms with van der Waals surface area (Å²) in [7, 11) is 1.19. The minimum absolute atomic E-state index is 0.392. The normalized spacial score (nSPS) is 13.9. The molecule has 2 rings (SSSR count). The molecule has 6 heteroatoms. The van der Waals surface area contributed by atoms with Gasteiger partial charge in [-0.1, -0.05) is 0 Å². The van der Waals surface area contributed by atoms with Crippen molar-refractivity contribution in [1.29, 1.82) is 0 Å². The van der Waals surface area contributed by atoms with Crippen molar-refractivity contribution < 1.29 is 14.3 Å². The summed E-state index contributed by atoms with van der Waals surface area (Å²) in [6.45, 7) is 0.809. The van der Waals surface area contributed by atoms with Gasteiger partial charge in [-0.3, -0.25) is 9.89 Å². The summed E-state index contributed by atoms with van der Waals surface area (Å²) >= 11 is 0. The number of carbonyl (C=O) groups is 2. The van der Waals surface area contributed by atoms with Gasteiger partial charge in [0.15, 0.2) is 0 Å². The highest BCUT2D eigenvalue weighted by molar-refractivity contribution is 6.32. The van der Waals surface area contributed by atoms with Crippen LogP contribution in [0.15, 0.2) is 6.20 Å². The zero-order valence-electron chi connectivity index (χ0n) is 7.61. The van der Waals surface area contributed by atoms with Gasteiger partial charge in [-0.05, 0) is 0 Å². The molecular weight excluding hydrogens is 186 g/mol. The summed E-state index contributed by atoms with van der Waals surface area (Å²) in [4.78, 5) is 23.7. The molecule has 1 aromatic rings. The lowest BCUT2D eigenvalue weighted by atomic mass is 10.3. The molecule has 0 spiro atoms. The lowest BCUT2D eigenvalue weighted by Crippen LogP contribution is -2.33. The number of hydrogen-bond donors (Lipinski definition) is 1. The SMILES string of the molecule is COC(=O)C(=O)N1Cc2cn[nH]c2C1. The average Bonchev–Trinajstić information content (AvgIpc) is 2.74. The number of aromatic nitrogens is 2. The third kappa shape index (κ3) is 1.24. The van der Waals surface area contributed by atoms with E-state index in [1.54, 1.807) is 6.20 Å². The maximum Gasteiger partial charge on any atom is 0.396 e. The molecule has 0 aliphatic carbocycles. The average molecular weight is 195 g/mol. The first-order valence-corrected chi connectivity index (χ1v) is 4.10. The molecule has 1 amide bonds. The molecule has 14 heavy (non-hydrogen) atoms. The number of carbonyl (C=O) groups excluding carboxylic acids is 2. The van der Waals surface area contributed by atoms with Crippen molar-refractivity contribution in [2.45, 2.75) is 13.1 Å².